The molecular formula is C26H27F2NO6S. The molecule has 0 bridgehead atoms. The minimum absolute atomic E-state index is 0.129. The maximum Gasteiger partial charge on any atom is 0.375 e. The lowest BCUT2D eigenvalue weighted by molar-refractivity contribution is -0.213. The van der Waals surface area contributed by atoms with E-state index in [4.69, 9.17) is 14.6 Å². The highest BCUT2D eigenvalue weighted by atomic mass is 32.1. The summed E-state index contributed by atoms with van der Waals surface area (Å²) >= 11 is 4.10. The van der Waals surface area contributed by atoms with Crippen LogP contribution in [-0.4, -0.2) is 51.7 Å². The van der Waals surface area contributed by atoms with E-state index in [0.29, 0.717) is 0 Å². The number of aliphatic hydroxyl groups is 1. The van der Waals surface area contributed by atoms with E-state index in [2.05, 4.69) is 12.6 Å². The highest BCUT2D eigenvalue weighted by Crippen LogP contribution is 2.71. The number of carbonyl (C=O) groups is 3. The van der Waals surface area contributed by atoms with E-state index in [1.807, 2.05) is 0 Å². The number of esters is 1. The summed E-state index contributed by atoms with van der Waals surface area (Å²) in [6.07, 6.45) is 1.34. The summed E-state index contributed by atoms with van der Waals surface area (Å²) in [6.45, 7) is 3.33. The Balaban J connectivity index is 1.65. The van der Waals surface area contributed by atoms with Crippen LogP contribution in [0.3, 0.4) is 0 Å². The van der Waals surface area contributed by atoms with Gasteiger partial charge in [-0.1, -0.05) is 19.9 Å². The Kier molecular flexibility index (Phi) is 5.54. The van der Waals surface area contributed by atoms with Crippen molar-refractivity contribution in [3.05, 3.63) is 48.0 Å². The fourth-order valence-corrected chi connectivity index (χ4v) is 8.31. The van der Waals surface area contributed by atoms with E-state index in [-0.39, 0.29) is 30.6 Å². The van der Waals surface area contributed by atoms with Gasteiger partial charge in [0.1, 0.15) is 6.17 Å². The number of aliphatic hydroxyl groups excluding tert-OH is 1. The summed E-state index contributed by atoms with van der Waals surface area (Å²) in [5.74, 6) is -4.03. The van der Waals surface area contributed by atoms with E-state index in [1.54, 1.807) is 13.8 Å². The first-order valence-electron chi connectivity index (χ1n) is 11.9. The van der Waals surface area contributed by atoms with Gasteiger partial charge in [0.15, 0.2) is 17.1 Å². The van der Waals surface area contributed by atoms with Crippen molar-refractivity contribution in [2.45, 2.75) is 56.7 Å². The fourth-order valence-electron chi connectivity index (χ4n) is 7.79. The topological polar surface area (TPSA) is 118 Å². The van der Waals surface area contributed by atoms with Crippen LogP contribution < -0.4 is 0 Å². The van der Waals surface area contributed by atoms with Crippen LogP contribution >= 0.6 is 12.6 Å². The van der Waals surface area contributed by atoms with Crippen LogP contribution in [0.1, 0.15) is 43.7 Å². The molecule has 6 unspecified atom stereocenters. The quantitative estimate of drug-likeness (QED) is 0.316. The van der Waals surface area contributed by atoms with Gasteiger partial charge in [-0.05, 0) is 55.0 Å². The standard InChI is InChI=1S/C26H27F2NO6S/c1-13-8-15-16-10-18(27)17-9-14(30)5-6-24(17,12-29)25(16,28)20(31)11-23(15,2)26(13,22(33)36)35-21(32)19-4-3-7-34-19/h3-7,9,12-13,15-16,18,20,29,31H,8,10-11H2,1-2H3,(H,33,36)/t13?,15?,16?,18-,20?,23?,24?,25-,26-/m0/s1. The molecule has 36 heavy (non-hydrogen) atoms. The van der Waals surface area contributed by atoms with Gasteiger partial charge in [-0.2, -0.15) is 0 Å². The first kappa shape index (κ1) is 25.1. The second-order valence-corrected chi connectivity index (χ2v) is 11.1. The van der Waals surface area contributed by atoms with Crippen LogP contribution in [0.5, 0.6) is 0 Å². The average molecular weight is 520 g/mol. The number of rotatable bonds is 4. The van der Waals surface area contributed by atoms with Crippen molar-refractivity contribution in [1.29, 1.82) is 5.41 Å². The number of fused-ring (bicyclic) bond motifs is 5. The van der Waals surface area contributed by atoms with E-state index >= 15 is 8.78 Å². The van der Waals surface area contributed by atoms with E-state index < -0.39 is 69.0 Å². The van der Waals surface area contributed by atoms with Gasteiger partial charge in [0.2, 0.25) is 10.9 Å². The van der Waals surface area contributed by atoms with Gasteiger partial charge in [0, 0.05) is 23.5 Å². The summed E-state index contributed by atoms with van der Waals surface area (Å²) in [4.78, 5) is 38.1. The minimum atomic E-state index is -2.52. The zero-order valence-corrected chi connectivity index (χ0v) is 20.6. The first-order valence-corrected chi connectivity index (χ1v) is 12.3. The van der Waals surface area contributed by atoms with Crippen molar-refractivity contribution in [2.24, 2.45) is 28.6 Å². The summed E-state index contributed by atoms with van der Waals surface area (Å²) in [5.41, 5.74) is -7.80. The van der Waals surface area contributed by atoms with Gasteiger partial charge < -0.3 is 19.7 Å². The molecule has 9 atom stereocenters. The third-order valence-electron chi connectivity index (χ3n) is 9.34. The molecule has 1 aromatic heterocycles. The second kappa shape index (κ2) is 7.95. The Bertz CT molecular complexity index is 1210. The van der Waals surface area contributed by atoms with Crippen molar-refractivity contribution in [3.8, 4) is 0 Å². The summed E-state index contributed by atoms with van der Waals surface area (Å²) < 4.78 is 44.0. The SMILES string of the molecule is CC1CC2C3C[C@H](F)C4=CC(=O)C=CC4(C=N)[C@@]3(F)C(O)CC2(C)[C@@]1(OC(=O)c1ccco1)C(=O)S. The number of nitrogens with one attached hydrogen (secondary N) is 1. The number of ketones is 1. The molecule has 1 aromatic rings. The minimum Gasteiger partial charge on any atom is -0.457 e. The molecule has 192 valence electrons. The van der Waals surface area contributed by atoms with Crippen LogP contribution in [0.15, 0.2) is 46.6 Å². The molecule has 7 nitrogen and oxygen atoms in total. The highest BCUT2D eigenvalue weighted by molar-refractivity contribution is 7.96. The third-order valence-corrected chi connectivity index (χ3v) is 9.67. The van der Waals surface area contributed by atoms with Crippen LogP contribution in [0.25, 0.3) is 0 Å². The number of allylic oxidation sites excluding steroid dienone is 4. The Morgan fingerprint density at radius 1 is 1.33 bits per heavy atom. The molecule has 0 aliphatic heterocycles. The molecule has 0 saturated heterocycles. The number of furan rings is 1. The molecule has 5 rings (SSSR count). The monoisotopic (exact) mass is 519 g/mol. The van der Waals surface area contributed by atoms with E-state index in [9.17, 15) is 19.5 Å². The Morgan fingerprint density at radius 2 is 2.06 bits per heavy atom. The van der Waals surface area contributed by atoms with E-state index in [0.717, 1.165) is 18.4 Å². The first-order chi connectivity index (χ1) is 16.9. The summed E-state index contributed by atoms with van der Waals surface area (Å²) in [5, 5.41) is 18.8. The number of ether oxygens (including phenoxy) is 1. The van der Waals surface area contributed by atoms with Crippen LogP contribution in [0.2, 0.25) is 0 Å². The zero-order valence-electron chi connectivity index (χ0n) is 19.7. The fraction of sp³-hybridized carbons (Fsp3) is 0.538. The predicted octanol–water partition coefficient (Wildman–Crippen LogP) is 3.83. The number of carbonyl (C=O) groups excluding carboxylic acids is 3. The van der Waals surface area contributed by atoms with Crippen molar-refractivity contribution < 1.29 is 37.4 Å². The number of halogens is 2. The number of thiol groups is 1. The molecule has 0 radical (unpaired) electrons. The van der Waals surface area contributed by atoms with Crippen molar-refractivity contribution in [1.82, 2.24) is 0 Å². The normalized spacial score (nSPS) is 45.2. The Labute approximate surface area is 211 Å². The predicted molar refractivity (Wildman–Crippen MR) is 127 cm³/mol. The number of hydrogen-bond donors (Lipinski definition) is 3. The number of hydrogen-bond acceptors (Lipinski definition) is 7. The van der Waals surface area contributed by atoms with Gasteiger partial charge in [-0.25, -0.2) is 13.6 Å². The van der Waals surface area contributed by atoms with Gasteiger partial charge in [-0.15, -0.1) is 12.6 Å². The molecule has 1 heterocycles. The average Bonchev–Trinajstić information content (AvgIpc) is 3.43. The van der Waals surface area contributed by atoms with Gasteiger partial charge in [0.05, 0.1) is 17.8 Å². The summed E-state index contributed by atoms with van der Waals surface area (Å²) in [7, 11) is 0. The molecular weight excluding hydrogens is 492 g/mol. The highest BCUT2D eigenvalue weighted by Gasteiger charge is 2.78. The lowest BCUT2D eigenvalue weighted by Crippen LogP contribution is -2.71. The maximum absolute atomic E-state index is 17.4. The molecule has 10 heteroatoms. The van der Waals surface area contributed by atoms with E-state index in [1.165, 1.54) is 24.5 Å². The molecule has 4 aliphatic rings. The lowest BCUT2D eigenvalue weighted by atomic mass is 9.44. The third kappa shape index (κ3) is 2.82. The van der Waals surface area contributed by atoms with Gasteiger partial charge in [-0.3, -0.25) is 9.59 Å². The van der Waals surface area contributed by atoms with Gasteiger partial charge in [0.25, 0.3) is 0 Å². The smallest absolute Gasteiger partial charge is 0.375 e. The molecule has 3 saturated carbocycles. The molecule has 0 aromatic carbocycles. The molecule has 4 aliphatic carbocycles. The van der Waals surface area contributed by atoms with Crippen LogP contribution in [-0.2, 0) is 14.3 Å². The maximum atomic E-state index is 17.4. The molecule has 3 fully saturated rings. The van der Waals surface area contributed by atoms with Crippen LogP contribution in [0.4, 0.5) is 8.78 Å². The lowest BCUT2D eigenvalue weighted by Gasteiger charge is -2.62. The Hall–Kier alpha value is -2.59. The van der Waals surface area contributed by atoms with Crippen molar-refractivity contribution >= 4 is 35.7 Å². The molecule has 2 N–H and O–H groups in total. The molecule has 0 spiro atoms. The van der Waals surface area contributed by atoms with Gasteiger partial charge >= 0.3 is 5.97 Å². The molecule has 0 amide bonds. The largest absolute Gasteiger partial charge is 0.457 e. The Morgan fingerprint density at radius 3 is 2.67 bits per heavy atom. The van der Waals surface area contributed by atoms with Crippen LogP contribution in [0, 0.1) is 34.0 Å². The van der Waals surface area contributed by atoms with Crippen molar-refractivity contribution in [3.63, 3.8) is 0 Å². The van der Waals surface area contributed by atoms with Crippen molar-refractivity contribution in [2.75, 3.05) is 0 Å². The summed E-state index contributed by atoms with van der Waals surface area (Å²) in [6, 6.07) is 2.87. The zero-order chi connectivity index (χ0) is 26.3. The number of alkyl halides is 2. The second-order valence-electron chi connectivity index (χ2n) is 10.7.